The molecule has 27 heavy (non-hydrogen) atoms. The van der Waals surface area contributed by atoms with Crippen LogP contribution in [-0.4, -0.2) is 18.4 Å². The minimum absolute atomic E-state index is 0.109. The summed E-state index contributed by atoms with van der Waals surface area (Å²) in [6.45, 7) is 0.109. The van der Waals surface area contributed by atoms with Crippen molar-refractivity contribution in [3.63, 3.8) is 0 Å². The Labute approximate surface area is 165 Å². The topological polar surface area (TPSA) is 70.2 Å². The molecule has 0 aliphatic carbocycles. The Hall–Kier alpha value is -3.12. The zero-order valence-corrected chi connectivity index (χ0v) is 16.0. The molecule has 0 aliphatic rings. The molecule has 0 radical (unpaired) electrons. The molecular formula is C21H18BrN3O2. The van der Waals surface area contributed by atoms with E-state index in [2.05, 4.69) is 31.9 Å². The van der Waals surface area contributed by atoms with Crippen molar-refractivity contribution in [3.8, 4) is 0 Å². The van der Waals surface area contributed by atoms with Crippen LogP contribution in [0.1, 0.15) is 10.4 Å². The Morgan fingerprint density at radius 1 is 0.778 bits per heavy atom. The molecule has 2 amide bonds. The Kier molecular flexibility index (Phi) is 6.22. The lowest BCUT2D eigenvalue weighted by Crippen LogP contribution is -2.22. The third-order valence-electron chi connectivity index (χ3n) is 3.76. The molecular weight excluding hydrogens is 406 g/mol. The highest BCUT2D eigenvalue weighted by Crippen LogP contribution is 2.21. The van der Waals surface area contributed by atoms with E-state index in [1.165, 1.54) is 0 Å². The average molecular weight is 424 g/mol. The minimum Gasteiger partial charge on any atom is -0.376 e. The molecule has 136 valence electrons. The number of amides is 2. The van der Waals surface area contributed by atoms with Crippen molar-refractivity contribution in [1.29, 1.82) is 0 Å². The molecule has 3 aromatic carbocycles. The van der Waals surface area contributed by atoms with E-state index < -0.39 is 0 Å². The Bertz CT molecular complexity index is 945. The highest BCUT2D eigenvalue weighted by atomic mass is 79.9. The van der Waals surface area contributed by atoms with Gasteiger partial charge < -0.3 is 16.0 Å². The summed E-state index contributed by atoms with van der Waals surface area (Å²) in [4.78, 5) is 24.3. The normalized spacial score (nSPS) is 10.1. The average Bonchev–Trinajstić information content (AvgIpc) is 2.69. The molecule has 0 saturated heterocycles. The molecule has 5 nitrogen and oxygen atoms in total. The van der Waals surface area contributed by atoms with E-state index in [9.17, 15) is 9.59 Å². The fraction of sp³-hybridized carbons (Fsp3) is 0.0476. The van der Waals surface area contributed by atoms with Gasteiger partial charge in [-0.1, -0.05) is 36.4 Å². The fourth-order valence-corrected chi connectivity index (χ4v) is 2.82. The molecule has 3 aromatic rings. The molecule has 6 heteroatoms. The van der Waals surface area contributed by atoms with Crippen molar-refractivity contribution in [2.24, 2.45) is 0 Å². The number of halogens is 1. The highest BCUT2D eigenvalue weighted by molar-refractivity contribution is 9.10. The number of hydrogen-bond acceptors (Lipinski definition) is 3. The summed E-state index contributed by atoms with van der Waals surface area (Å²) in [5.41, 5.74) is 2.69. The number of rotatable bonds is 6. The Morgan fingerprint density at radius 2 is 1.48 bits per heavy atom. The van der Waals surface area contributed by atoms with Gasteiger partial charge in [0.2, 0.25) is 5.91 Å². The van der Waals surface area contributed by atoms with E-state index in [0.717, 1.165) is 10.2 Å². The van der Waals surface area contributed by atoms with Crippen molar-refractivity contribution in [1.82, 2.24) is 0 Å². The third-order valence-corrected chi connectivity index (χ3v) is 4.45. The number of anilines is 3. The molecule has 3 rings (SSSR count). The first-order valence-corrected chi connectivity index (χ1v) is 9.16. The maximum Gasteiger partial charge on any atom is 0.255 e. The lowest BCUT2D eigenvalue weighted by molar-refractivity contribution is -0.114. The van der Waals surface area contributed by atoms with Crippen LogP contribution in [0.2, 0.25) is 0 Å². The second-order valence-corrected chi connectivity index (χ2v) is 6.64. The van der Waals surface area contributed by atoms with Gasteiger partial charge >= 0.3 is 0 Å². The third kappa shape index (κ3) is 5.43. The Balaban J connectivity index is 1.57. The smallest absolute Gasteiger partial charge is 0.255 e. The van der Waals surface area contributed by atoms with E-state index in [0.29, 0.717) is 16.9 Å². The van der Waals surface area contributed by atoms with Gasteiger partial charge in [-0.25, -0.2) is 0 Å². The standard InChI is InChI=1S/C21H18BrN3O2/c22-18-11-4-5-12-19(18)25-20(26)14-23-16-9-6-10-17(13-16)24-21(27)15-7-2-1-3-8-15/h1-13,23H,14H2,(H,24,27)(H,25,26). The number of nitrogens with one attached hydrogen (secondary N) is 3. The summed E-state index contributed by atoms with van der Waals surface area (Å²) in [5, 5.41) is 8.74. The highest BCUT2D eigenvalue weighted by Gasteiger charge is 2.07. The molecule has 0 heterocycles. The molecule has 0 bridgehead atoms. The van der Waals surface area contributed by atoms with E-state index in [4.69, 9.17) is 0 Å². The van der Waals surface area contributed by atoms with Gasteiger partial charge in [-0.05, 0) is 58.4 Å². The van der Waals surface area contributed by atoms with Crippen LogP contribution in [0.3, 0.4) is 0 Å². The molecule has 0 fully saturated rings. The van der Waals surface area contributed by atoms with Crippen LogP contribution < -0.4 is 16.0 Å². The largest absolute Gasteiger partial charge is 0.376 e. The second kappa shape index (κ2) is 9.00. The van der Waals surface area contributed by atoms with E-state index in [1.54, 1.807) is 24.3 Å². The quantitative estimate of drug-likeness (QED) is 0.535. The number of benzene rings is 3. The first-order chi connectivity index (χ1) is 13.1. The summed E-state index contributed by atoms with van der Waals surface area (Å²) in [7, 11) is 0. The van der Waals surface area contributed by atoms with Gasteiger partial charge in [-0.3, -0.25) is 9.59 Å². The van der Waals surface area contributed by atoms with Crippen molar-refractivity contribution in [3.05, 3.63) is 88.9 Å². The predicted octanol–water partition coefficient (Wildman–Crippen LogP) is 4.75. The molecule has 0 aliphatic heterocycles. The number of para-hydroxylation sites is 1. The SMILES string of the molecule is O=C(CNc1cccc(NC(=O)c2ccccc2)c1)Nc1ccccc1Br. The van der Waals surface area contributed by atoms with Gasteiger partial charge in [0.15, 0.2) is 0 Å². The monoisotopic (exact) mass is 423 g/mol. The fourth-order valence-electron chi connectivity index (χ4n) is 2.44. The van der Waals surface area contributed by atoms with Crippen LogP contribution in [0.15, 0.2) is 83.3 Å². The second-order valence-electron chi connectivity index (χ2n) is 5.78. The predicted molar refractivity (Wildman–Crippen MR) is 112 cm³/mol. The minimum atomic E-state index is -0.181. The van der Waals surface area contributed by atoms with E-state index in [-0.39, 0.29) is 18.4 Å². The summed E-state index contributed by atoms with van der Waals surface area (Å²) in [5.74, 6) is -0.347. The molecule has 0 unspecified atom stereocenters. The van der Waals surface area contributed by atoms with Gasteiger partial charge in [-0.2, -0.15) is 0 Å². The van der Waals surface area contributed by atoms with Crippen molar-refractivity contribution in [2.75, 3.05) is 22.5 Å². The molecule has 0 atom stereocenters. The molecule has 0 saturated carbocycles. The van der Waals surface area contributed by atoms with Gasteiger partial charge in [0, 0.05) is 21.4 Å². The first-order valence-electron chi connectivity index (χ1n) is 8.36. The summed E-state index contributed by atoms with van der Waals surface area (Å²) in [6.07, 6.45) is 0. The molecule has 0 aromatic heterocycles. The van der Waals surface area contributed by atoms with Crippen LogP contribution >= 0.6 is 15.9 Å². The first kappa shape index (κ1) is 18.7. The summed E-state index contributed by atoms with van der Waals surface area (Å²) >= 11 is 3.40. The number of hydrogen-bond donors (Lipinski definition) is 3. The lowest BCUT2D eigenvalue weighted by atomic mass is 10.2. The Morgan fingerprint density at radius 3 is 2.26 bits per heavy atom. The lowest BCUT2D eigenvalue weighted by Gasteiger charge is -2.11. The van der Waals surface area contributed by atoms with Gasteiger partial charge in [0.05, 0.1) is 12.2 Å². The van der Waals surface area contributed by atoms with Crippen LogP contribution in [0, 0.1) is 0 Å². The van der Waals surface area contributed by atoms with E-state index >= 15 is 0 Å². The van der Waals surface area contributed by atoms with Crippen molar-refractivity contribution < 1.29 is 9.59 Å². The van der Waals surface area contributed by atoms with Crippen molar-refractivity contribution >= 4 is 44.8 Å². The van der Waals surface area contributed by atoms with Gasteiger partial charge in [-0.15, -0.1) is 0 Å². The van der Waals surface area contributed by atoms with Crippen LogP contribution in [0.4, 0.5) is 17.1 Å². The molecule has 0 spiro atoms. The number of carbonyl (C=O) groups is 2. The van der Waals surface area contributed by atoms with Crippen LogP contribution in [0.25, 0.3) is 0 Å². The van der Waals surface area contributed by atoms with Crippen LogP contribution in [0.5, 0.6) is 0 Å². The molecule has 3 N–H and O–H groups in total. The van der Waals surface area contributed by atoms with Gasteiger partial charge in [0.25, 0.3) is 5.91 Å². The van der Waals surface area contributed by atoms with Gasteiger partial charge in [0.1, 0.15) is 0 Å². The van der Waals surface area contributed by atoms with Crippen molar-refractivity contribution in [2.45, 2.75) is 0 Å². The summed E-state index contributed by atoms with van der Waals surface area (Å²) < 4.78 is 0.823. The zero-order chi connectivity index (χ0) is 19.1. The summed E-state index contributed by atoms with van der Waals surface area (Å²) in [6, 6.07) is 23.7. The zero-order valence-electron chi connectivity index (χ0n) is 14.4. The number of carbonyl (C=O) groups excluding carboxylic acids is 2. The maximum absolute atomic E-state index is 12.2. The van der Waals surface area contributed by atoms with E-state index in [1.807, 2.05) is 54.6 Å². The van der Waals surface area contributed by atoms with Crippen LogP contribution in [-0.2, 0) is 4.79 Å². The maximum atomic E-state index is 12.2.